The molecule has 1 atom stereocenters. The van der Waals surface area contributed by atoms with E-state index in [1.54, 1.807) is 23.5 Å². The molecule has 21 heavy (non-hydrogen) atoms. The Balaban J connectivity index is 1.80. The van der Waals surface area contributed by atoms with Crippen LogP contribution in [0.5, 0.6) is 0 Å². The number of hydrogen-bond donors (Lipinski definition) is 1. The molecule has 0 saturated heterocycles. The maximum Gasteiger partial charge on any atom is 0.123 e. The first-order valence-electron chi connectivity index (χ1n) is 6.89. The molecule has 0 aliphatic heterocycles. The van der Waals surface area contributed by atoms with Gasteiger partial charge in [0.05, 0.1) is 6.04 Å². The SMILES string of the molecule is Fc1cccc(CNC(c2ccccc2)c2cccs2)c1. The molecular formula is C18H16FNS. The second kappa shape index (κ2) is 6.66. The van der Waals surface area contributed by atoms with E-state index in [4.69, 9.17) is 0 Å². The van der Waals surface area contributed by atoms with Gasteiger partial charge in [0.25, 0.3) is 0 Å². The maximum atomic E-state index is 13.3. The standard InChI is InChI=1S/C18H16FNS/c19-16-9-4-6-14(12-16)13-20-18(17-10-5-11-21-17)15-7-2-1-3-8-15/h1-12,18,20H,13H2. The second-order valence-corrected chi connectivity index (χ2v) is 5.85. The molecule has 2 aromatic carbocycles. The summed E-state index contributed by atoms with van der Waals surface area (Å²) < 4.78 is 13.3. The number of hydrogen-bond acceptors (Lipinski definition) is 2. The molecule has 1 heterocycles. The van der Waals surface area contributed by atoms with Gasteiger partial charge in [-0.3, -0.25) is 0 Å². The van der Waals surface area contributed by atoms with Crippen molar-refractivity contribution >= 4 is 11.3 Å². The maximum absolute atomic E-state index is 13.3. The van der Waals surface area contributed by atoms with Gasteiger partial charge in [-0.1, -0.05) is 48.5 Å². The van der Waals surface area contributed by atoms with Crippen LogP contribution in [0, 0.1) is 5.82 Å². The lowest BCUT2D eigenvalue weighted by Gasteiger charge is -2.18. The van der Waals surface area contributed by atoms with Gasteiger partial charge in [0.15, 0.2) is 0 Å². The van der Waals surface area contributed by atoms with Gasteiger partial charge >= 0.3 is 0 Å². The molecule has 1 N–H and O–H groups in total. The van der Waals surface area contributed by atoms with Crippen molar-refractivity contribution < 1.29 is 4.39 Å². The molecule has 3 heteroatoms. The third-order valence-electron chi connectivity index (χ3n) is 3.36. The highest BCUT2D eigenvalue weighted by Crippen LogP contribution is 2.26. The van der Waals surface area contributed by atoms with E-state index < -0.39 is 0 Å². The topological polar surface area (TPSA) is 12.0 Å². The zero-order valence-corrected chi connectivity index (χ0v) is 12.3. The molecule has 0 aliphatic rings. The first-order valence-corrected chi connectivity index (χ1v) is 7.77. The van der Waals surface area contributed by atoms with Gasteiger partial charge in [0.2, 0.25) is 0 Å². The lowest BCUT2D eigenvalue weighted by atomic mass is 10.0. The highest BCUT2D eigenvalue weighted by atomic mass is 32.1. The number of halogens is 1. The van der Waals surface area contributed by atoms with Gasteiger partial charge in [0.1, 0.15) is 5.82 Å². The van der Waals surface area contributed by atoms with Crippen LogP contribution < -0.4 is 5.32 Å². The van der Waals surface area contributed by atoms with Gasteiger partial charge in [-0.05, 0) is 34.7 Å². The van der Waals surface area contributed by atoms with E-state index in [1.165, 1.54) is 16.5 Å². The van der Waals surface area contributed by atoms with Gasteiger partial charge in [0, 0.05) is 11.4 Å². The van der Waals surface area contributed by atoms with E-state index in [9.17, 15) is 4.39 Å². The fourth-order valence-electron chi connectivity index (χ4n) is 2.35. The van der Waals surface area contributed by atoms with E-state index in [1.807, 2.05) is 24.3 Å². The highest BCUT2D eigenvalue weighted by Gasteiger charge is 2.14. The number of rotatable bonds is 5. The zero-order valence-electron chi connectivity index (χ0n) is 11.5. The van der Waals surface area contributed by atoms with Crippen LogP contribution in [0.4, 0.5) is 4.39 Å². The van der Waals surface area contributed by atoms with Crippen molar-refractivity contribution in [2.75, 3.05) is 0 Å². The van der Waals surface area contributed by atoms with E-state index >= 15 is 0 Å². The summed E-state index contributed by atoms with van der Waals surface area (Å²) in [4.78, 5) is 1.26. The summed E-state index contributed by atoms with van der Waals surface area (Å²) in [5.74, 6) is -0.193. The summed E-state index contributed by atoms with van der Waals surface area (Å²) in [6.07, 6.45) is 0. The minimum Gasteiger partial charge on any atom is -0.301 e. The smallest absolute Gasteiger partial charge is 0.123 e. The first-order chi connectivity index (χ1) is 10.3. The predicted molar refractivity (Wildman–Crippen MR) is 85.8 cm³/mol. The molecule has 1 aromatic heterocycles. The Labute approximate surface area is 128 Å². The average molecular weight is 297 g/mol. The summed E-state index contributed by atoms with van der Waals surface area (Å²) in [7, 11) is 0. The second-order valence-electron chi connectivity index (χ2n) is 4.87. The lowest BCUT2D eigenvalue weighted by molar-refractivity contribution is 0.599. The Morgan fingerprint density at radius 1 is 0.952 bits per heavy atom. The minimum absolute atomic E-state index is 0.134. The van der Waals surface area contributed by atoms with E-state index in [-0.39, 0.29) is 11.9 Å². The van der Waals surface area contributed by atoms with Crippen molar-refractivity contribution in [2.24, 2.45) is 0 Å². The molecule has 0 spiro atoms. The molecule has 1 unspecified atom stereocenters. The summed E-state index contributed by atoms with van der Waals surface area (Å²) >= 11 is 1.73. The molecule has 0 amide bonds. The van der Waals surface area contributed by atoms with Gasteiger partial charge < -0.3 is 5.32 Å². The van der Waals surface area contributed by atoms with Crippen LogP contribution in [0.3, 0.4) is 0 Å². The van der Waals surface area contributed by atoms with Crippen LogP contribution in [0.25, 0.3) is 0 Å². The van der Waals surface area contributed by atoms with Crippen LogP contribution in [-0.2, 0) is 6.54 Å². The normalized spacial score (nSPS) is 12.2. The highest BCUT2D eigenvalue weighted by molar-refractivity contribution is 7.10. The van der Waals surface area contributed by atoms with Gasteiger partial charge in [-0.15, -0.1) is 11.3 Å². The fraction of sp³-hybridized carbons (Fsp3) is 0.111. The Kier molecular flexibility index (Phi) is 4.43. The van der Waals surface area contributed by atoms with Crippen LogP contribution in [0.1, 0.15) is 22.0 Å². The van der Waals surface area contributed by atoms with Crippen molar-refractivity contribution in [2.45, 2.75) is 12.6 Å². The summed E-state index contributed by atoms with van der Waals surface area (Å²) in [6.45, 7) is 0.634. The van der Waals surface area contributed by atoms with Crippen LogP contribution in [-0.4, -0.2) is 0 Å². The molecule has 3 rings (SSSR count). The fourth-order valence-corrected chi connectivity index (χ4v) is 3.18. The largest absolute Gasteiger partial charge is 0.301 e. The van der Waals surface area contributed by atoms with Crippen molar-refractivity contribution in [1.29, 1.82) is 0 Å². The van der Waals surface area contributed by atoms with Crippen molar-refractivity contribution in [3.8, 4) is 0 Å². The molecule has 0 fully saturated rings. The van der Waals surface area contributed by atoms with Crippen LogP contribution in [0.15, 0.2) is 72.1 Å². The molecule has 3 aromatic rings. The van der Waals surface area contributed by atoms with Crippen LogP contribution >= 0.6 is 11.3 Å². The third-order valence-corrected chi connectivity index (χ3v) is 4.30. The Hall–Kier alpha value is -1.97. The average Bonchev–Trinajstić information content (AvgIpc) is 3.03. The van der Waals surface area contributed by atoms with Crippen molar-refractivity contribution in [3.63, 3.8) is 0 Å². The Morgan fingerprint density at radius 3 is 2.52 bits per heavy atom. The molecule has 106 valence electrons. The number of thiophene rings is 1. The van der Waals surface area contributed by atoms with E-state index in [0.717, 1.165) is 5.56 Å². The Morgan fingerprint density at radius 2 is 1.81 bits per heavy atom. The molecule has 0 radical (unpaired) electrons. The number of benzene rings is 2. The molecule has 0 saturated carbocycles. The first kappa shape index (κ1) is 14.0. The molecular weight excluding hydrogens is 281 g/mol. The van der Waals surface area contributed by atoms with Gasteiger partial charge in [-0.25, -0.2) is 4.39 Å². The van der Waals surface area contributed by atoms with Crippen molar-refractivity contribution in [1.82, 2.24) is 5.32 Å². The van der Waals surface area contributed by atoms with E-state index in [2.05, 4.69) is 35.0 Å². The van der Waals surface area contributed by atoms with Gasteiger partial charge in [-0.2, -0.15) is 0 Å². The van der Waals surface area contributed by atoms with Crippen molar-refractivity contribution in [3.05, 3.63) is 93.9 Å². The summed E-state index contributed by atoms with van der Waals surface area (Å²) in [5.41, 5.74) is 2.17. The third kappa shape index (κ3) is 3.57. The molecule has 1 nitrogen and oxygen atoms in total. The quantitative estimate of drug-likeness (QED) is 0.715. The molecule has 0 aliphatic carbocycles. The van der Waals surface area contributed by atoms with Crippen LogP contribution in [0.2, 0.25) is 0 Å². The molecule has 0 bridgehead atoms. The number of nitrogens with one attached hydrogen (secondary N) is 1. The lowest BCUT2D eigenvalue weighted by Crippen LogP contribution is -2.21. The zero-order chi connectivity index (χ0) is 14.5. The monoisotopic (exact) mass is 297 g/mol. The predicted octanol–water partition coefficient (Wildman–Crippen LogP) is 4.77. The summed E-state index contributed by atoms with van der Waals surface area (Å²) in [6, 6.07) is 21.4. The summed E-state index contributed by atoms with van der Waals surface area (Å²) in [5, 5.41) is 5.60. The van der Waals surface area contributed by atoms with E-state index in [0.29, 0.717) is 6.54 Å². The Bertz CT molecular complexity index is 679. The minimum atomic E-state index is -0.193.